The van der Waals surface area contributed by atoms with Crippen molar-refractivity contribution in [3.8, 4) is 0 Å². The summed E-state index contributed by atoms with van der Waals surface area (Å²) in [5, 5.41) is 15.6. The molecule has 1 fully saturated rings. The van der Waals surface area contributed by atoms with E-state index < -0.39 is 53.6 Å². The Bertz CT molecular complexity index is 1870. The van der Waals surface area contributed by atoms with E-state index in [1.165, 1.54) is 17.2 Å². The number of fused-ring (bicyclic) bond motifs is 1. The number of hydrogen-bond donors (Lipinski definition) is 1. The molecule has 1 N–H and O–H groups in total. The molecule has 1 aliphatic rings. The third kappa shape index (κ3) is 6.53. The second kappa shape index (κ2) is 14.0. The van der Waals surface area contributed by atoms with Crippen LogP contribution in [0.25, 0.3) is 11.2 Å². The first-order valence-corrected chi connectivity index (χ1v) is 14.6. The number of esters is 1. The van der Waals surface area contributed by atoms with Crippen LogP contribution in [-0.2, 0) is 25.6 Å². The Morgan fingerprint density at radius 1 is 0.894 bits per heavy atom. The first-order valence-electron chi connectivity index (χ1n) is 14.6. The molecule has 3 aromatic carbocycles. The minimum Gasteiger partial charge on any atom is -0.461 e. The van der Waals surface area contributed by atoms with Crippen LogP contribution in [0, 0.1) is 16.0 Å². The Hall–Kier alpha value is -6.02. The number of aromatic nitrogens is 4. The number of rotatable bonds is 12. The molecule has 1 saturated carbocycles. The van der Waals surface area contributed by atoms with Crippen molar-refractivity contribution < 1.29 is 33.5 Å². The summed E-state index contributed by atoms with van der Waals surface area (Å²) in [7, 11) is 0. The lowest BCUT2D eigenvalue weighted by Gasteiger charge is -2.25. The Balaban J connectivity index is 1.38. The Labute approximate surface area is 267 Å². The summed E-state index contributed by atoms with van der Waals surface area (Å²) in [6.07, 6.45) is 0.242. The van der Waals surface area contributed by atoms with Gasteiger partial charge in [0.05, 0.1) is 18.5 Å². The first-order chi connectivity index (χ1) is 23.0. The summed E-state index contributed by atoms with van der Waals surface area (Å²) >= 11 is 0. The van der Waals surface area contributed by atoms with Gasteiger partial charge in [0.1, 0.15) is 37.1 Å². The third-order valence-corrected chi connectivity index (χ3v) is 7.98. The van der Waals surface area contributed by atoms with Crippen LogP contribution in [0.2, 0.25) is 0 Å². The van der Waals surface area contributed by atoms with Gasteiger partial charge in [0.15, 0.2) is 17.0 Å². The zero-order chi connectivity index (χ0) is 32.8. The first kappa shape index (κ1) is 31.0. The highest BCUT2D eigenvalue weighted by Gasteiger charge is 2.61. The highest BCUT2D eigenvalue weighted by molar-refractivity contribution is 6.06. The summed E-state index contributed by atoms with van der Waals surface area (Å²) < 4.78 is 18.8. The number of nitrogens with one attached hydrogen (secondary N) is 1. The number of imidazole rings is 1. The number of carbonyl (C=O) groups excluding carboxylic acids is 3. The molecule has 2 heterocycles. The van der Waals surface area contributed by atoms with E-state index in [0.29, 0.717) is 5.56 Å². The number of nitrogens with zero attached hydrogens (tertiary/aromatic N) is 5. The number of carbonyl (C=O) groups is 3. The second-order valence-electron chi connectivity index (χ2n) is 10.7. The predicted molar refractivity (Wildman–Crippen MR) is 166 cm³/mol. The zero-order valence-corrected chi connectivity index (χ0v) is 24.7. The summed E-state index contributed by atoms with van der Waals surface area (Å²) in [5.74, 6) is -2.16. The van der Waals surface area contributed by atoms with Crippen LogP contribution in [0.4, 0.5) is 5.82 Å². The zero-order valence-electron chi connectivity index (χ0n) is 24.7. The van der Waals surface area contributed by atoms with Gasteiger partial charge in [-0.3, -0.25) is 19.7 Å². The molecule has 238 valence electrons. The average molecular weight is 637 g/mol. The Morgan fingerprint density at radius 2 is 1.55 bits per heavy atom. The van der Waals surface area contributed by atoms with Gasteiger partial charge < -0.3 is 24.1 Å². The van der Waals surface area contributed by atoms with E-state index in [-0.39, 0.29) is 35.6 Å². The molecule has 0 radical (unpaired) electrons. The lowest BCUT2D eigenvalue weighted by molar-refractivity contribution is -0.536. The van der Waals surface area contributed by atoms with E-state index in [2.05, 4.69) is 20.3 Å². The Kier molecular flexibility index (Phi) is 9.20. The van der Waals surface area contributed by atoms with Gasteiger partial charge in [0.25, 0.3) is 12.4 Å². The number of hydrogen-bond acceptors (Lipinski definition) is 11. The average Bonchev–Trinajstić information content (AvgIpc) is 3.67. The largest absolute Gasteiger partial charge is 0.461 e. The summed E-state index contributed by atoms with van der Waals surface area (Å²) in [6, 6.07) is 23.2. The molecular formula is C33H28N6O8. The van der Waals surface area contributed by atoms with Crippen LogP contribution in [0.1, 0.15) is 32.3 Å². The van der Waals surface area contributed by atoms with Crippen molar-refractivity contribution >= 4 is 35.3 Å². The van der Waals surface area contributed by atoms with Gasteiger partial charge in [0, 0.05) is 10.5 Å². The van der Waals surface area contributed by atoms with Crippen LogP contribution in [-0.4, -0.2) is 67.6 Å². The van der Waals surface area contributed by atoms with Crippen LogP contribution in [0.15, 0.2) is 104 Å². The van der Waals surface area contributed by atoms with Gasteiger partial charge in [-0.25, -0.2) is 19.7 Å². The minimum absolute atomic E-state index is 0.0294. The highest BCUT2D eigenvalue weighted by atomic mass is 16.6. The molecule has 14 heteroatoms. The summed E-state index contributed by atoms with van der Waals surface area (Å²) in [4.78, 5) is 62.8. The van der Waals surface area contributed by atoms with Crippen molar-refractivity contribution in [3.05, 3.63) is 130 Å². The van der Waals surface area contributed by atoms with E-state index in [9.17, 15) is 24.5 Å². The number of anilines is 1. The van der Waals surface area contributed by atoms with Crippen LogP contribution in [0.3, 0.4) is 0 Å². The number of ether oxygens (including phenoxy) is 3. The molecule has 1 aliphatic carbocycles. The van der Waals surface area contributed by atoms with E-state index >= 15 is 0 Å². The predicted octanol–water partition coefficient (Wildman–Crippen LogP) is 3.88. The molecule has 0 unspecified atom stereocenters. The molecule has 0 aliphatic heterocycles. The number of nitro groups is 1. The maximum absolute atomic E-state index is 12.9. The Morgan fingerprint density at radius 3 is 2.21 bits per heavy atom. The molecule has 2 aromatic heterocycles. The molecule has 6 rings (SSSR count). The smallest absolute Gasteiger partial charge is 0.338 e. The van der Waals surface area contributed by atoms with E-state index in [0.717, 1.165) is 5.56 Å². The number of benzene rings is 3. The molecule has 47 heavy (non-hydrogen) atoms. The quantitative estimate of drug-likeness (QED) is 0.0910. The molecule has 14 nitrogen and oxygen atoms in total. The van der Waals surface area contributed by atoms with Crippen molar-refractivity contribution in [2.24, 2.45) is 5.92 Å². The van der Waals surface area contributed by atoms with Gasteiger partial charge >= 0.3 is 5.97 Å². The third-order valence-electron chi connectivity index (χ3n) is 7.98. The molecule has 5 aromatic rings. The topological polar surface area (TPSA) is 178 Å². The SMILES string of the molecule is O=CO[C@@H]1[C@@H](COC(=O)c2ccccc2)[C@H]([N+](=O)[O-])[C@@H](n2cnc3c(NC(=O)c4ccccc4)ncnc32)[C@@H]1OCc1ccccc1. The van der Waals surface area contributed by atoms with E-state index in [1.54, 1.807) is 60.7 Å². The molecule has 0 spiro atoms. The molecule has 1 amide bonds. The summed E-state index contributed by atoms with van der Waals surface area (Å²) in [6.45, 7) is -0.221. The number of amides is 1. The van der Waals surface area contributed by atoms with Gasteiger partial charge in [-0.15, -0.1) is 0 Å². The van der Waals surface area contributed by atoms with Crippen molar-refractivity contribution in [2.75, 3.05) is 11.9 Å². The summed E-state index contributed by atoms with van der Waals surface area (Å²) in [5.41, 5.74) is 1.76. The molecule has 5 atom stereocenters. The van der Waals surface area contributed by atoms with Crippen LogP contribution in [0.5, 0.6) is 0 Å². The van der Waals surface area contributed by atoms with Gasteiger partial charge in [-0.1, -0.05) is 66.7 Å². The standard InChI is InChI=1S/C33H28N6O8/c40-20-47-28-24(17-46-33(42)23-14-8-3-9-15-23)26(39(43)44)27(29(28)45-16-21-10-4-1-5-11-21)38-19-36-25-30(34-18-35-31(25)38)37-32(41)22-12-6-2-7-13-22/h1-15,18-20,24,26-29H,16-17H2,(H,34,35,37,41)/t24-,26-,27+,28+,29-/m0/s1. The van der Waals surface area contributed by atoms with E-state index in [1.807, 2.05) is 30.3 Å². The maximum atomic E-state index is 12.9. The normalized spacial score (nSPS) is 20.4. The molecule has 0 bridgehead atoms. The van der Waals surface area contributed by atoms with Crippen molar-refractivity contribution in [2.45, 2.75) is 30.9 Å². The monoisotopic (exact) mass is 636 g/mol. The van der Waals surface area contributed by atoms with Crippen molar-refractivity contribution in [1.29, 1.82) is 0 Å². The molecular weight excluding hydrogens is 608 g/mol. The van der Waals surface area contributed by atoms with Crippen molar-refractivity contribution in [3.63, 3.8) is 0 Å². The van der Waals surface area contributed by atoms with Crippen molar-refractivity contribution in [1.82, 2.24) is 19.5 Å². The lowest BCUT2D eigenvalue weighted by atomic mass is 10.0. The van der Waals surface area contributed by atoms with Crippen LogP contribution < -0.4 is 5.32 Å². The van der Waals surface area contributed by atoms with Gasteiger partial charge in [-0.2, -0.15) is 0 Å². The van der Waals surface area contributed by atoms with E-state index in [4.69, 9.17) is 14.2 Å². The fourth-order valence-electron chi connectivity index (χ4n) is 5.84. The van der Waals surface area contributed by atoms with Gasteiger partial charge in [-0.05, 0) is 29.8 Å². The minimum atomic E-state index is -1.49. The second-order valence-corrected chi connectivity index (χ2v) is 10.7. The van der Waals surface area contributed by atoms with Gasteiger partial charge in [0.2, 0.25) is 6.04 Å². The lowest BCUT2D eigenvalue weighted by Crippen LogP contribution is -2.37. The fourth-order valence-corrected chi connectivity index (χ4v) is 5.84. The molecule has 0 saturated heterocycles. The fraction of sp³-hybridized carbons (Fsp3) is 0.212. The van der Waals surface area contributed by atoms with Crippen LogP contribution >= 0.6 is 0 Å². The highest BCUT2D eigenvalue weighted by Crippen LogP contribution is 2.43. The maximum Gasteiger partial charge on any atom is 0.338 e.